The summed E-state index contributed by atoms with van der Waals surface area (Å²) in [5.74, 6) is 0.965. The van der Waals surface area contributed by atoms with E-state index in [1.807, 2.05) is 69.3 Å². The van der Waals surface area contributed by atoms with Crippen LogP contribution in [0.3, 0.4) is 0 Å². The number of carbonyl (C=O) groups is 1. The fourth-order valence-electron chi connectivity index (χ4n) is 4.14. The van der Waals surface area contributed by atoms with E-state index in [1.54, 1.807) is 18.4 Å². The Kier molecular flexibility index (Phi) is 8.34. The van der Waals surface area contributed by atoms with Crippen LogP contribution < -0.4 is 24.4 Å². The lowest BCUT2D eigenvalue weighted by atomic mass is 9.96. The van der Waals surface area contributed by atoms with Crippen molar-refractivity contribution in [3.63, 3.8) is 0 Å². The van der Waals surface area contributed by atoms with Gasteiger partial charge in [-0.25, -0.2) is 9.79 Å². The first-order valence-corrected chi connectivity index (χ1v) is 13.7. The zero-order valence-electron chi connectivity index (χ0n) is 21.4. The van der Waals surface area contributed by atoms with Crippen LogP contribution in [0.5, 0.6) is 11.5 Å². The molecule has 0 saturated heterocycles. The Morgan fingerprint density at radius 1 is 1.16 bits per heavy atom. The number of fused-ring (bicyclic) bond motifs is 1. The summed E-state index contributed by atoms with van der Waals surface area (Å²) >= 11 is 4.82. The highest BCUT2D eigenvalue weighted by atomic mass is 79.9. The molecule has 2 aromatic carbocycles. The Balaban J connectivity index is 1.86. The molecule has 37 heavy (non-hydrogen) atoms. The van der Waals surface area contributed by atoms with Crippen molar-refractivity contribution in [3.8, 4) is 11.5 Å². The molecule has 7 nitrogen and oxygen atoms in total. The van der Waals surface area contributed by atoms with Crippen LogP contribution >= 0.6 is 27.3 Å². The number of benzene rings is 2. The number of thiazole rings is 1. The van der Waals surface area contributed by atoms with Crippen molar-refractivity contribution in [3.05, 3.63) is 89.0 Å². The van der Waals surface area contributed by atoms with Crippen molar-refractivity contribution in [2.45, 2.75) is 46.8 Å². The van der Waals surface area contributed by atoms with E-state index in [1.165, 1.54) is 11.3 Å². The van der Waals surface area contributed by atoms with E-state index in [0.717, 1.165) is 21.3 Å². The van der Waals surface area contributed by atoms with Crippen molar-refractivity contribution >= 4 is 39.3 Å². The van der Waals surface area contributed by atoms with Crippen LogP contribution in [-0.4, -0.2) is 29.9 Å². The maximum absolute atomic E-state index is 13.7. The average Bonchev–Trinajstić information content (AvgIpc) is 3.14. The van der Waals surface area contributed by atoms with Crippen molar-refractivity contribution in [1.82, 2.24) is 4.57 Å². The van der Waals surface area contributed by atoms with E-state index >= 15 is 0 Å². The number of nitrogens with zero attached hydrogens (tertiary/aromatic N) is 2. The summed E-state index contributed by atoms with van der Waals surface area (Å²) in [5, 5.41) is 0. The summed E-state index contributed by atoms with van der Waals surface area (Å²) in [6, 6.07) is 12.4. The third-order valence-electron chi connectivity index (χ3n) is 5.64. The number of ether oxygens (including phenoxy) is 3. The first-order chi connectivity index (χ1) is 17.7. The largest absolute Gasteiger partial charge is 0.493 e. The summed E-state index contributed by atoms with van der Waals surface area (Å²) in [6.07, 6.45) is 1.85. The lowest BCUT2D eigenvalue weighted by molar-refractivity contribution is -0.139. The highest BCUT2D eigenvalue weighted by Crippen LogP contribution is 2.32. The molecule has 0 unspecified atom stereocenters. The summed E-state index contributed by atoms with van der Waals surface area (Å²) in [4.78, 5) is 31.9. The van der Waals surface area contributed by atoms with Crippen LogP contribution in [0.4, 0.5) is 0 Å². The molecule has 0 saturated carbocycles. The van der Waals surface area contributed by atoms with Crippen molar-refractivity contribution in [2.24, 2.45) is 4.99 Å². The smallest absolute Gasteiger partial charge is 0.338 e. The van der Waals surface area contributed by atoms with Gasteiger partial charge in [-0.1, -0.05) is 29.5 Å². The SMILES string of the molecule is CCOC(=O)C1=C(C)N=c2s/c(=C\c3ccc(OCC)c(Br)c3)c(=O)n2[C@H]1c1ccc(OC(C)C)cc1. The lowest BCUT2D eigenvalue weighted by Gasteiger charge is -2.25. The predicted octanol–water partition coefficient (Wildman–Crippen LogP) is 4.75. The molecular weight excluding hydrogens is 556 g/mol. The number of halogens is 1. The molecule has 0 amide bonds. The number of rotatable bonds is 8. The highest BCUT2D eigenvalue weighted by molar-refractivity contribution is 9.10. The summed E-state index contributed by atoms with van der Waals surface area (Å²) in [7, 11) is 0. The first kappa shape index (κ1) is 26.9. The molecule has 0 fully saturated rings. The maximum Gasteiger partial charge on any atom is 0.338 e. The van der Waals surface area contributed by atoms with E-state index in [9.17, 15) is 9.59 Å². The second kappa shape index (κ2) is 11.5. The monoisotopic (exact) mass is 584 g/mol. The third kappa shape index (κ3) is 5.72. The van der Waals surface area contributed by atoms with E-state index in [-0.39, 0.29) is 18.3 Å². The molecule has 3 aromatic rings. The van der Waals surface area contributed by atoms with Gasteiger partial charge in [-0.05, 0) is 92.0 Å². The first-order valence-electron chi connectivity index (χ1n) is 12.1. The molecule has 0 aliphatic carbocycles. The zero-order valence-corrected chi connectivity index (χ0v) is 23.8. The molecular formula is C28H29BrN2O5S. The molecule has 1 aliphatic rings. The maximum atomic E-state index is 13.7. The van der Waals surface area contributed by atoms with Gasteiger partial charge in [0, 0.05) is 0 Å². The third-order valence-corrected chi connectivity index (χ3v) is 7.24. The normalized spacial score (nSPS) is 15.4. The Morgan fingerprint density at radius 2 is 1.89 bits per heavy atom. The Morgan fingerprint density at radius 3 is 2.51 bits per heavy atom. The van der Waals surface area contributed by atoms with E-state index < -0.39 is 12.0 Å². The number of aromatic nitrogens is 1. The molecule has 9 heteroatoms. The van der Waals surface area contributed by atoms with Gasteiger partial charge in [0.05, 0.1) is 45.6 Å². The molecule has 194 valence electrons. The van der Waals surface area contributed by atoms with Crippen LogP contribution in [0, 0.1) is 0 Å². The number of hydrogen-bond donors (Lipinski definition) is 0. The van der Waals surface area contributed by atoms with Gasteiger partial charge in [-0.15, -0.1) is 0 Å². The van der Waals surface area contributed by atoms with Crippen molar-refractivity contribution in [1.29, 1.82) is 0 Å². The fourth-order valence-corrected chi connectivity index (χ4v) is 5.70. The molecule has 1 aromatic heterocycles. The van der Waals surface area contributed by atoms with E-state index in [4.69, 9.17) is 14.2 Å². The number of allylic oxidation sites excluding steroid dienone is 1. The number of esters is 1. The Bertz CT molecular complexity index is 1520. The minimum absolute atomic E-state index is 0.0309. The van der Waals surface area contributed by atoms with Gasteiger partial charge >= 0.3 is 5.97 Å². The minimum Gasteiger partial charge on any atom is -0.493 e. The molecule has 1 aliphatic heterocycles. The van der Waals surface area contributed by atoms with Crippen LogP contribution in [-0.2, 0) is 9.53 Å². The molecule has 0 radical (unpaired) electrons. The second-order valence-corrected chi connectivity index (χ2v) is 10.5. The molecule has 1 atom stereocenters. The van der Waals surface area contributed by atoms with Gasteiger partial charge in [0.25, 0.3) is 5.56 Å². The number of hydrogen-bond acceptors (Lipinski definition) is 7. The van der Waals surface area contributed by atoms with Gasteiger partial charge in [0.2, 0.25) is 0 Å². The molecule has 0 spiro atoms. The quantitative estimate of drug-likeness (QED) is 0.357. The standard InChI is InChI=1S/C28H29BrN2O5S/c1-6-34-22-13-8-18(14-21(22)29)15-23-26(32)31-25(19-9-11-20(12-10-19)36-16(3)4)24(27(33)35-7-2)17(5)30-28(31)37-23/h8-16,25H,6-7H2,1-5H3/b23-15-/t25-/m0/s1. The molecule has 0 bridgehead atoms. The van der Waals surface area contributed by atoms with Gasteiger partial charge in [0.1, 0.15) is 11.5 Å². The van der Waals surface area contributed by atoms with E-state index in [2.05, 4.69) is 20.9 Å². The predicted molar refractivity (Wildman–Crippen MR) is 148 cm³/mol. The molecule has 2 heterocycles. The Hall–Kier alpha value is -3.17. The van der Waals surface area contributed by atoms with Crippen LogP contribution in [0.15, 0.2) is 68.0 Å². The Labute approximate surface area is 227 Å². The van der Waals surface area contributed by atoms with Crippen molar-refractivity contribution in [2.75, 3.05) is 13.2 Å². The second-order valence-electron chi connectivity index (χ2n) is 8.66. The number of carbonyl (C=O) groups excluding carboxylic acids is 1. The minimum atomic E-state index is -0.669. The van der Waals surface area contributed by atoms with Gasteiger partial charge in [-0.3, -0.25) is 9.36 Å². The topological polar surface area (TPSA) is 79.1 Å². The van der Waals surface area contributed by atoms with E-state index in [0.29, 0.717) is 33.0 Å². The van der Waals surface area contributed by atoms with Gasteiger partial charge in [0.15, 0.2) is 4.80 Å². The summed E-state index contributed by atoms with van der Waals surface area (Å²) < 4.78 is 19.6. The average molecular weight is 586 g/mol. The van der Waals surface area contributed by atoms with Gasteiger partial charge < -0.3 is 14.2 Å². The van der Waals surface area contributed by atoms with Crippen LogP contribution in [0.25, 0.3) is 6.08 Å². The highest BCUT2D eigenvalue weighted by Gasteiger charge is 2.33. The molecule has 4 rings (SSSR count). The fraction of sp³-hybridized carbons (Fsp3) is 0.321. The van der Waals surface area contributed by atoms with Crippen LogP contribution in [0.2, 0.25) is 0 Å². The van der Waals surface area contributed by atoms with Crippen molar-refractivity contribution < 1.29 is 19.0 Å². The van der Waals surface area contributed by atoms with Gasteiger partial charge in [-0.2, -0.15) is 0 Å². The summed E-state index contributed by atoms with van der Waals surface area (Å²) in [6.45, 7) is 10.2. The van der Waals surface area contributed by atoms with Crippen LogP contribution in [0.1, 0.15) is 51.8 Å². The summed E-state index contributed by atoms with van der Waals surface area (Å²) in [5.41, 5.74) is 2.26. The lowest BCUT2D eigenvalue weighted by Crippen LogP contribution is -2.39. The molecule has 0 N–H and O–H groups in total. The zero-order chi connectivity index (χ0) is 26.7.